The number of hydrogen-bond donors (Lipinski definition) is 0. The fourth-order valence-corrected chi connectivity index (χ4v) is 5.71. The minimum atomic E-state index is -5.12. The topological polar surface area (TPSA) is 9.23 Å². The minimum Gasteiger partial charge on any atom is -0.399 e. The second-order valence-corrected chi connectivity index (χ2v) is 10.0. The standard InChI is InChI=1S/C27H37F5O/c1-2-3-4-5-6-19-7-9-20(10-8-19)11-12-21-13-15-22(16-14-21)23-17-24(28)26(25(29)18-23)33-27(30,31)32/h3-4,17-22H,2,5-16H2,1H3. The smallest absolute Gasteiger partial charge is 0.399 e. The first-order valence-corrected chi connectivity index (χ1v) is 12.6. The highest BCUT2D eigenvalue weighted by Crippen LogP contribution is 2.41. The Morgan fingerprint density at radius 1 is 0.788 bits per heavy atom. The third-order valence-electron chi connectivity index (χ3n) is 7.65. The maximum atomic E-state index is 14.1. The van der Waals surface area contributed by atoms with Crippen molar-refractivity contribution in [3.8, 4) is 5.75 Å². The molecular weight excluding hydrogens is 435 g/mol. The number of allylic oxidation sites excluding steroid dienone is 2. The van der Waals surface area contributed by atoms with Crippen LogP contribution in [0.15, 0.2) is 24.3 Å². The molecule has 2 saturated carbocycles. The van der Waals surface area contributed by atoms with Crippen LogP contribution < -0.4 is 4.74 Å². The van der Waals surface area contributed by atoms with Crippen LogP contribution in [0.4, 0.5) is 22.0 Å². The van der Waals surface area contributed by atoms with E-state index >= 15 is 0 Å². The first-order chi connectivity index (χ1) is 15.7. The van der Waals surface area contributed by atoms with E-state index in [9.17, 15) is 22.0 Å². The molecule has 0 radical (unpaired) electrons. The van der Waals surface area contributed by atoms with Crippen molar-refractivity contribution in [1.29, 1.82) is 0 Å². The largest absolute Gasteiger partial charge is 0.573 e. The normalized spacial score (nSPS) is 26.6. The summed E-state index contributed by atoms with van der Waals surface area (Å²) in [6, 6.07) is 2.01. The van der Waals surface area contributed by atoms with Crippen LogP contribution in [0, 0.1) is 29.4 Å². The lowest BCUT2D eigenvalue weighted by atomic mass is 9.74. The molecule has 0 atom stereocenters. The van der Waals surface area contributed by atoms with Crippen molar-refractivity contribution in [1.82, 2.24) is 0 Å². The van der Waals surface area contributed by atoms with Gasteiger partial charge in [0.15, 0.2) is 11.6 Å². The molecule has 1 nitrogen and oxygen atoms in total. The van der Waals surface area contributed by atoms with Gasteiger partial charge in [0.2, 0.25) is 5.75 Å². The molecule has 1 aromatic rings. The highest BCUT2D eigenvalue weighted by molar-refractivity contribution is 5.33. The van der Waals surface area contributed by atoms with Crippen LogP contribution in [-0.2, 0) is 0 Å². The SMILES string of the molecule is CCC=CCCC1CCC(CCC2CCC(c3cc(F)c(OC(F)(F)F)c(F)c3)CC2)CC1. The van der Waals surface area contributed by atoms with Crippen LogP contribution in [0.2, 0.25) is 0 Å². The van der Waals surface area contributed by atoms with Crippen molar-refractivity contribution in [3.63, 3.8) is 0 Å². The van der Waals surface area contributed by atoms with Gasteiger partial charge in [0, 0.05) is 0 Å². The summed E-state index contributed by atoms with van der Waals surface area (Å²) in [6.07, 6.45) is 14.6. The van der Waals surface area contributed by atoms with Gasteiger partial charge in [-0.25, -0.2) is 8.78 Å². The first-order valence-electron chi connectivity index (χ1n) is 12.6. The summed E-state index contributed by atoms with van der Waals surface area (Å²) in [5.41, 5.74) is 0.435. The zero-order chi connectivity index (χ0) is 23.8. The van der Waals surface area contributed by atoms with Crippen molar-refractivity contribution in [2.24, 2.45) is 17.8 Å². The van der Waals surface area contributed by atoms with Gasteiger partial charge in [-0.2, -0.15) is 0 Å². The number of halogens is 5. The molecule has 0 spiro atoms. The van der Waals surface area contributed by atoms with Crippen LogP contribution in [0.3, 0.4) is 0 Å². The molecule has 0 aromatic heterocycles. The predicted molar refractivity (Wildman–Crippen MR) is 121 cm³/mol. The highest BCUT2D eigenvalue weighted by atomic mass is 19.4. The monoisotopic (exact) mass is 472 g/mol. The lowest BCUT2D eigenvalue weighted by Gasteiger charge is -2.32. The number of benzene rings is 1. The summed E-state index contributed by atoms with van der Waals surface area (Å²) in [5, 5.41) is 0. The Kier molecular flexibility index (Phi) is 9.63. The van der Waals surface area contributed by atoms with Crippen molar-refractivity contribution >= 4 is 0 Å². The summed E-state index contributed by atoms with van der Waals surface area (Å²) in [7, 11) is 0. The van der Waals surface area contributed by atoms with Crippen LogP contribution in [0.25, 0.3) is 0 Å². The Hall–Kier alpha value is -1.59. The first kappa shape index (κ1) is 26.0. The Morgan fingerprint density at radius 3 is 1.76 bits per heavy atom. The van der Waals surface area contributed by atoms with Gasteiger partial charge in [0.25, 0.3) is 0 Å². The molecule has 2 aliphatic rings. The average Bonchev–Trinajstić information content (AvgIpc) is 2.78. The molecule has 33 heavy (non-hydrogen) atoms. The molecule has 2 aliphatic carbocycles. The van der Waals surface area contributed by atoms with Crippen LogP contribution in [-0.4, -0.2) is 6.36 Å². The fraction of sp³-hybridized carbons (Fsp3) is 0.704. The van der Waals surface area contributed by atoms with Crippen LogP contribution >= 0.6 is 0 Å². The predicted octanol–water partition coefficient (Wildman–Crippen LogP) is 9.47. The molecule has 0 N–H and O–H groups in total. The summed E-state index contributed by atoms with van der Waals surface area (Å²) < 4.78 is 68.6. The molecule has 0 heterocycles. The molecule has 3 rings (SSSR count). The van der Waals surface area contributed by atoms with E-state index in [1.165, 1.54) is 51.4 Å². The third kappa shape index (κ3) is 8.29. The van der Waals surface area contributed by atoms with E-state index in [4.69, 9.17) is 0 Å². The average molecular weight is 473 g/mol. The van der Waals surface area contributed by atoms with E-state index < -0.39 is 23.7 Å². The third-order valence-corrected chi connectivity index (χ3v) is 7.65. The minimum absolute atomic E-state index is 0.0117. The molecule has 0 bridgehead atoms. The fourth-order valence-electron chi connectivity index (χ4n) is 5.71. The van der Waals surface area contributed by atoms with Crippen LogP contribution in [0.1, 0.15) is 102 Å². The van der Waals surface area contributed by atoms with Gasteiger partial charge in [-0.3, -0.25) is 0 Å². The van der Waals surface area contributed by atoms with Gasteiger partial charge < -0.3 is 4.74 Å². The maximum absolute atomic E-state index is 14.1. The maximum Gasteiger partial charge on any atom is 0.573 e. The number of rotatable bonds is 9. The Labute approximate surface area is 194 Å². The molecule has 0 amide bonds. The van der Waals surface area contributed by atoms with Gasteiger partial charge >= 0.3 is 6.36 Å². The van der Waals surface area contributed by atoms with E-state index in [1.54, 1.807) is 0 Å². The zero-order valence-electron chi connectivity index (χ0n) is 19.6. The van der Waals surface area contributed by atoms with Crippen molar-refractivity contribution in [2.45, 2.75) is 103 Å². The lowest BCUT2D eigenvalue weighted by Crippen LogP contribution is -2.20. The summed E-state index contributed by atoms with van der Waals surface area (Å²) >= 11 is 0. The molecule has 1 aromatic carbocycles. The van der Waals surface area contributed by atoms with Gasteiger partial charge in [-0.05, 0) is 86.3 Å². The Bertz CT molecular complexity index is 733. The summed E-state index contributed by atoms with van der Waals surface area (Å²) in [6.45, 7) is 2.17. The number of alkyl halides is 3. The lowest BCUT2D eigenvalue weighted by molar-refractivity contribution is -0.276. The quantitative estimate of drug-likeness (QED) is 0.257. The summed E-state index contributed by atoms with van der Waals surface area (Å²) in [4.78, 5) is 0. The second kappa shape index (κ2) is 12.2. The van der Waals surface area contributed by atoms with Crippen molar-refractivity contribution in [2.75, 3.05) is 0 Å². The summed E-state index contributed by atoms with van der Waals surface area (Å²) in [5.74, 6) is -1.61. The van der Waals surface area contributed by atoms with E-state index in [-0.39, 0.29) is 5.92 Å². The van der Waals surface area contributed by atoms with E-state index in [1.807, 2.05) is 0 Å². The number of ether oxygens (including phenoxy) is 1. The Balaban J connectivity index is 1.39. The van der Waals surface area contributed by atoms with Gasteiger partial charge in [-0.1, -0.05) is 57.6 Å². The van der Waals surface area contributed by atoms with Gasteiger partial charge in [0.1, 0.15) is 0 Å². The second-order valence-electron chi connectivity index (χ2n) is 10.0. The van der Waals surface area contributed by atoms with Crippen molar-refractivity contribution in [3.05, 3.63) is 41.5 Å². The molecular formula is C27H37F5O. The molecule has 6 heteroatoms. The zero-order valence-corrected chi connectivity index (χ0v) is 19.6. The van der Waals surface area contributed by atoms with Crippen LogP contribution in [0.5, 0.6) is 5.75 Å². The van der Waals surface area contributed by atoms with E-state index in [0.29, 0.717) is 11.5 Å². The highest BCUT2D eigenvalue weighted by Gasteiger charge is 2.35. The molecule has 186 valence electrons. The molecule has 0 aliphatic heterocycles. The van der Waals surface area contributed by atoms with E-state index in [2.05, 4.69) is 23.8 Å². The molecule has 0 saturated heterocycles. The van der Waals surface area contributed by atoms with Gasteiger partial charge in [-0.15, -0.1) is 13.2 Å². The molecule has 2 fully saturated rings. The molecule has 0 unspecified atom stereocenters. The van der Waals surface area contributed by atoms with Crippen molar-refractivity contribution < 1.29 is 26.7 Å². The van der Waals surface area contributed by atoms with Gasteiger partial charge in [0.05, 0.1) is 0 Å². The van der Waals surface area contributed by atoms with E-state index in [0.717, 1.165) is 56.1 Å². The number of hydrogen-bond acceptors (Lipinski definition) is 1. The Morgan fingerprint density at radius 2 is 1.27 bits per heavy atom.